The number of benzene rings is 1. The second kappa shape index (κ2) is 7.15. The van der Waals surface area contributed by atoms with Crippen molar-refractivity contribution in [3.05, 3.63) is 35.9 Å². The zero-order valence-corrected chi connectivity index (χ0v) is 15.0. The second-order valence-corrected chi connectivity index (χ2v) is 8.11. The van der Waals surface area contributed by atoms with E-state index >= 15 is 0 Å². The summed E-state index contributed by atoms with van der Waals surface area (Å²) in [6.45, 7) is 6.49. The molecule has 3 aliphatic rings. The molecule has 4 rings (SSSR count). The molecule has 0 N–H and O–H groups in total. The van der Waals surface area contributed by atoms with Gasteiger partial charge in [-0.15, -0.1) is 0 Å². The zero-order chi connectivity index (χ0) is 16.4. The van der Waals surface area contributed by atoms with Gasteiger partial charge in [0.15, 0.2) is 5.79 Å². The van der Waals surface area contributed by atoms with Gasteiger partial charge in [0.05, 0.1) is 19.3 Å². The summed E-state index contributed by atoms with van der Waals surface area (Å²) in [6.07, 6.45) is 7.12. The Morgan fingerprint density at radius 1 is 1.00 bits per heavy atom. The Kier molecular flexibility index (Phi) is 4.93. The fourth-order valence-electron chi connectivity index (χ4n) is 4.76. The molecule has 1 aliphatic carbocycles. The molecule has 2 aliphatic heterocycles. The number of hydrogen-bond donors (Lipinski definition) is 0. The van der Waals surface area contributed by atoms with Crippen molar-refractivity contribution < 1.29 is 9.47 Å². The molecule has 1 atom stereocenters. The highest BCUT2D eigenvalue weighted by Crippen LogP contribution is 2.42. The highest BCUT2D eigenvalue weighted by molar-refractivity contribution is 5.20. The van der Waals surface area contributed by atoms with Crippen LogP contribution in [-0.2, 0) is 9.47 Å². The summed E-state index contributed by atoms with van der Waals surface area (Å²) in [7, 11) is 0. The van der Waals surface area contributed by atoms with Gasteiger partial charge in [0, 0.05) is 19.4 Å². The first-order valence-electron chi connectivity index (χ1n) is 9.81. The first-order valence-corrected chi connectivity index (χ1v) is 9.81. The average Bonchev–Trinajstić information content (AvgIpc) is 2.64. The van der Waals surface area contributed by atoms with E-state index in [9.17, 15) is 0 Å². The Hall–Kier alpha value is -0.900. The minimum absolute atomic E-state index is 0.289. The van der Waals surface area contributed by atoms with E-state index in [1.807, 2.05) is 0 Å². The topological polar surface area (TPSA) is 21.7 Å². The van der Waals surface area contributed by atoms with Crippen molar-refractivity contribution >= 4 is 0 Å². The highest BCUT2D eigenvalue weighted by atomic mass is 16.7. The predicted molar refractivity (Wildman–Crippen MR) is 96.0 cm³/mol. The van der Waals surface area contributed by atoms with Crippen LogP contribution in [0, 0.1) is 5.92 Å². The van der Waals surface area contributed by atoms with Crippen LogP contribution in [0.3, 0.4) is 0 Å². The Morgan fingerprint density at radius 3 is 2.38 bits per heavy atom. The molecule has 24 heavy (non-hydrogen) atoms. The molecular formula is C21H31NO2. The van der Waals surface area contributed by atoms with Crippen LogP contribution in [0.1, 0.15) is 56.9 Å². The van der Waals surface area contributed by atoms with Gasteiger partial charge in [0.2, 0.25) is 0 Å². The van der Waals surface area contributed by atoms with Crippen LogP contribution in [-0.4, -0.2) is 43.0 Å². The molecule has 0 radical (unpaired) electrons. The highest BCUT2D eigenvalue weighted by Gasteiger charge is 2.42. The summed E-state index contributed by atoms with van der Waals surface area (Å²) in [5.74, 6) is 1.20. The Bertz CT molecular complexity index is 514. The van der Waals surface area contributed by atoms with Gasteiger partial charge >= 0.3 is 0 Å². The number of likely N-dealkylation sites (tertiary alicyclic amines) is 1. The predicted octanol–water partition coefficient (Wildman–Crippen LogP) is 4.19. The van der Waals surface area contributed by atoms with Crippen LogP contribution >= 0.6 is 0 Å². The summed E-state index contributed by atoms with van der Waals surface area (Å²) >= 11 is 0. The summed E-state index contributed by atoms with van der Waals surface area (Å²) in [5, 5.41) is 0. The minimum atomic E-state index is -0.289. The second-order valence-electron chi connectivity index (χ2n) is 8.11. The first-order chi connectivity index (χ1) is 11.7. The lowest BCUT2D eigenvalue weighted by Gasteiger charge is -2.47. The van der Waals surface area contributed by atoms with Gasteiger partial charge in [-0.3, -0.25) is 4.90 Å². The third-order valence-corrected chi connectivity index (χ3v) is 6.30. The normalized spacial score (nSPS) is 38.3. The van der Waals surface area contributed by atoms with Crippen LogP contribution in [0.2, 0.25) is 0 Å². The van der Waals surface area contributed by atoms with Crippen molar-refractivity contribution in [3.63, 3.8) is 0 Å². The number of nitrogens with zero attached hydrogens (tertiary/aromatic N) is 1. The standard InChI is InChI=1S/C21H31NO2/c1-17-6-5-13-22(14-17)20-15-23-21(24-16-20)11-9-19(10-12-21)18-7-3-2-4-8-18/h2-4,7-8,17,19-20H,5-6,9-16H2,1H3. The van der Waals surface area contributed by atoms with E-state index in [1.165, 1.54) is 44.3 Å². The first kappa shape index (κ1) is 16.6. The number of rotatable bonds is 2. The quantitative estimate of drug-likeness (QED) is 0.812. The summed E-state index contributed by atoms with van der Waals surface area (Å²) in [6, 6.07) is 11.4. The molecule has 3 heteroatoms. The van der Waals surface area contributed by atoms with Crippen LogP contribution in [0.15, 0.2) is 30.3 Å². The van der Waals surface area contributed by atoms with E-state index in [0.29, 0.717) is 12.0 Å². The molecule has 1 aromatic carbocycles. The summed E-state index contributed by atoms with van der Waals surface area (Å²) in [4.78, 5) is 2.59. The van der Waals surface area contributed by atoms with Gasteiger partial charge < -0.3 is 9.47 Å². The number of piperidine rings is 1. The van der Waals surface area contributed by atoms with E-state index in [1.54, 1.807) is 0 Å². The van der Waals surface area contributed by atoms with Crippen molar-refractivity contribution in [3.8, 4) is 0 Å². The summed E-state index contributed by atoms with van der Waals surface area (Å²) < 4.78 is 12.7. The Morgan fingerprint density at radius 2 is 1.71 bits per heavy atom. The van der Waals surface area contributed by atoms with Gasteiger partial charge in [0.25, 0.3) is 0 Å². The van der Waals surface area contributed by atoms with Crippen LogP contribution in [0.4, 0.5) is 0 Å². The molecule has 1 aromatic rings. The molecule has 132 valence electrons. The molecule has 2 heterocycles. The average molecular weight is 329 g/mol. The maximum Gasteiger partial charge on any atom is 0.168 e. The zero-order valence-electron chi connectivity index (χ0n) is 15.0. The van der Waals surface area contributed by atoms with E-state index in [-0.39, 0.29) is 5.79 Å². The smallest absolute Gasteiger partial charge is 0.168 e. The van der Waals surface area contributed by atoms with Crippen molar-refractivity contribution in [2.24, 2.45) is 5.92 Å². The molecule has 0 aromatic heterocycles. The van der Waals surface area contributed by atoms with Crippen LogP contribution < -0.4 is 0 Å². The lowest BCUT2D eigenvalue weighted by atomic mass is 9.80. The Balaban J connectivity index is 1.30. The molecular weight excluding hydrogens is 298 g/mol. The lowest BCUT2D eigenvalue weighted by molar-refractivity contribution is -0.297. The van der Waals surface area contributed by atoms with Crippen molar-refractivity contribution in [2.75, 3.05) is 26.3 Å². The maximum absolute atomic E-state index is 6.33. The van der Waals surface area contributed by atoms with Crippen LogP contribution in [0.5, 0.6) is 0 Å². The van der Waals surface area contributed by atoms with Crippen molar-refractivity contribution in [2.45, 2.75) is 63.2 Å². The van der Waals surface area contributed by atoms with E-state index in [2.05, 4.69) is 42.2 Å². The SMILES string of the molecule is CC1CCCN(C2COC3(CCC(c4ccccc4)CC3)OC2)C1. The molecule has 2 saturated heterocycles. The van der Waals surface area contributed by atoms with E-state index < -0.39 is 0 Å². The van der Waals surface area contributed by atoms with Gasteiger partial charge in [-0.25, -0.2) is 0 Å². The lowest BCUT2D eigenvalue weighted by Crippen LogP contribution is -2.55. The molecule has 0 amide bonds. The fourth-order valence-corrected chi connectivity index (χ4v) is 4.76. The van der Waals surface area contributed by atoms with Gasteiger partial charge in [-0.2, -0.15) is 0 Å². The Labute approximate surface area is 146 Å². The van der Waals surface area contributed by atoms with E-state index in [0.717, 1.165) is 32.0 Å². The molecule has 1 spiro atoms. The summed E-state index contributed by atoms with van der Waals surface area (Å²) in [5.41, 5.74) is 1.48. The third-order valence-electron chi connectivity index (χ3n) is 6.30. The van der Waals surface area contributed by atoms with Gasteiger partial charge in [-0.05, 0) is 49.6 Å². The van der Waals surface area contributed by atoms with Crippen molar-refractivity contribution in [1.82, 2.24) is 4.90 Å². The maximum atomic E-state index is 6.33. The largest absolute Gasteiger partial charge is 0.348 e. The molecule has 3 nitrogen and oxygen atoms in total. The van der Waals surface area contributed by atoms with Crippen LogP contribution in [0.25, 0.3) is 0 Å². The minimum Gasteiger partial charge on any atom is -0.348 e. The fraction of sp³-hybridized carbons (Fsp3) is 0.714. The van der Waals surface area contributed by atoms with Crippen molar-refractivity contribution in [1.29, 1.82) is 0 Å². The number of ether oxygens (including phenoxy) is 2. The molecule has 1 saturated carbocycles. The van der Waals surface area contributed by atoms with E-state index in [4.69, 9.17) is 9.47 Å². The monoisotopic (exact) mass is 329 g/mol. The van der Waals surface area contributed by atoms with Gasteiger partial charge in [0.1, 0.15) is 0 Å². The molecule has 0 bridgehead atoms. The molecule has 1 unspecified atom stereocenters. The molecule has 3 fully saturated rings. The number of hydrogen-bond acceptors (Lipinski definition) is 3. The van der Waals surface area contributed by atoms with Gasteiger partial charge in [-0.1, -0.05) is 37.3 Å². The third kappa shape index (κ3) is 3.54.